The smallest absolute Gasteiger partial charge is 0.190 e. The van der Waals surface area contributed by atoms with Crippen molar-refractivity contribution < 1.29 is 14.3 Å². The van der Waals surface area contributed by atoms with Crippen LogP contribution in [-0.4, -0.2) is 29.9 Å². The molecule has 0 aliphatic carbocycles. The minimum Gasteiger partial charge on any atom is -0.507 e. The predicted molar refractivity (Wildman–Crippen MR) is 55.2 cm³/mol. The molecule has 0 unspecified atom stereocenters. The quantitative estimate of drug-likeness (QED) is 0.609. The molecule has 0 saturated carbocycles. The summed E-state index contributed by atoms with van der Waals surface area (Å²) < 4.78 is 12.6. The standard InChI is InChI=1S/C11H12FNO2/c1-13(2)6-5-10(14)9-4-3-8(12)7-11(9)15/h3-7,15H,1-2H3/b6-5+. The number of allylic oxidation sites excluding steroid dienone is 1. The molecule has 0 atom stereocenters. The highest BCUT2D eigenvalue weighted by Gasteiger charge is 2.08. The van der Waals surface area contributed by atoms with Crippen LogP contribution in [0.25, 0.3) is 0 Å². The van der Waals surface area contributed by atoms with Crippen LogP contribution in [-0.2, 0) is 0 Å². The van der Waals surface area contributed by atoms with Crippen LogP contribution >= 0.6 is 0 Å². The molecule has 1 rings (SSSR count). The number of carbonyl (C=O) groups excluding carboxylic acids is 1. The minimum atomic E-state index is -0.569. The number of hydrogen-bond acceptors (Lipinski definition) is 3. The monoisotopic (exact) mass is 209 g/mol. The molecule has 0 saturated heterocycles. The zero-order chi connectivity index (χ0) is 11.4. The number of rotatable bonds is 3. The Morgan fingerprint density at radius 1 is 1.47 bits per heavy atom. The van der Waals surface area contributed by atoms with Gasteiger partial charge >= 0.3 is 0 Å². The van der Waals surface area contributed by atoms with Gasteiger partial charge in [-0.05, 0) is 12.1 Å². The van der Waals surface area contributed by atoms with E-state index in [1.54, 1.807) is 25.2 Å². The van der Waals surface area contributed by atoms with Gasteiger partial charge < -0.3 is 10.0 Å². The molecule has 0 aliphatic heterocycles. The predicted octanol–water partition coefficient (Wildman–Crippen LogP) is 1.79. The minimum absolute atomic E-state index is 0.0921. The van der Waals surface area contributed by atoms with E-state index in [1.165, 1.54) is 12.1 Å². The normalized spacial score (nSPS) is 10.6. The van der Waals surface area contributed by atoms with Gasteiger partial charge in [0, 0.05) is 32.4 Å². The fourth-order valence-corrected chi connectivity index (χ4v) is 1.02. The molecule has 0 fully saturated rings. The molecule has 0 radical (unpaired) electrons. The van der Waals surface area contributed by atoms with Crippen LogP contribution in [0.2, 0.25) is 0 Å². The molecule has 15 heavy (non-hydrogen) atoms. The summed E-state index contributed by atoms with van der Waals surface area (Å²) in [6, 6.07) is 3.31. The van der Waals surface area contributed by atoms with E-state index in [1.807, 2.05) is 0 Å². The maximum absolute atomic E-state index is 12.6. The summed E-state index contributed by atoms with van der Waals surface area (Å²) >= 11 is 0. The van der Waals surface area contributed by atoms with Crippen molar-refractivity contribution in [2.24, 2.45) is 0 Å². The van der Waals surface area contributed by atoms with E-state index in [-0.39, 0.29) is 17.1 Å². The number of carbonyl (C=O) groups is 1. The maximum Gasteiger partial charge on any atom is 0.190 e. The second-order valence-electron chi connectivity index (χ2n) is 3.31. The number of aromatic hydroxyl groups is 1. The van der Waals surface area contributed by atoms with Gasteiger partial charge in [0.15, 0.2) is 5.78 Å². The lowest BCUT2D eigenvalue weighted by Gasteiger charge is -2.03. The topological polar surface area (TPSA) is 40.5 Å². The third kappa shape index (κ3) is 3.09. The van der Waals surface area contributed by atoms with Crippen molar-refractivity contribution in [3.05, 3.63) is 41.9 Å². The molecule has 1 aromatic carbocycles. The first-order chi connectivity index (χ1) is 7.00. The Morgan fingerprint density at radius 2 is 2.13 bits per heavy atom. The summed E-state index contributed by atoms with van der Waals surface area (Å²) in [4.78, 5) is 13.2. The summed E-state index contributed by atoms with van der Waals surface area (Å²) in [7, 11) is 3.54. The summed E-state index contributed by atoms with van der Waals surface area (Å²) in [6.45, 7) is 0. The van der Waals surface area contributed by atoms with Crippen LogP contribution < -0.4 is 0 Å². The molecule has 0 aromatic heterocycles. The van der Waals surface area contributed by atoms with E-state index >= 15 is 0 Å². The summed E-state index contributed by atoms with van der Waals surface area (Å²) in [6.07, 6.45) is 2.87. The lowest BCUT2D eigenvalue weighted by Crippen LogP contribution is -2.03. The Morgan fingerprint density at radius 3 is 2.67 bits per heavy atom. The van der Waals surface area contributed by atoms with Gasteiger partial charge in [-0.1, -0.05) is 0 Å². The first-order valence-electron chi connectivity index (χ1n) is 4.38. The van der Waals surface area contributed by atoms with Crippen molar-refractivity contribution in [3.63, 3.8) is 0 Å². The van der Waals surface area contributed by atoms with E-state index in [4.69, 9.17) is 0 Å². The SMILES string of the molecule is CN(C)/C=C/C(=O)c1ccc(F)cc1O. The van der Waals surface area contributed by atoms with Crippen LogP contribution in [0.15, 0.2) is 30.5 Å². The van der Waals surface area contributed by atoms with Gasteiger partial charge in [-0.25, -0.2) is 4.39 Å². The number of phenolic OH excluding ortho intramolecular Hbond substituents is 1. The highest BCUT2D eigenvalue weighted by Crippen LogP contribution is 2.18. The molecule has 4 heteroatoms. The van der Waals surface area contributed by atoms with E-state index in [9.17, 15) is 14.3 Å². The summed E-state index contributed by atoms with van der Waals surface area (Å²) in [5.41, 5.74) is 0.0921. The Bertz CT molecular complexity index is 400. The molecule has 0 spiro atoms. The van der Waals surface area contributed by atoms with Crippen LogP contribution in [0.5, 0.6) is 5.75 Å². The van der Waals surface area contributed by atoms with Crippen molar-refractivity contribution in [1.82, 2.24) is 4.90 Å². The number of halogens is 1. The van der Waals surface area contributed by atoms with Gasteiger partial charge in [0.2, 0.25) is 0 Å². The third-order valence-corrected chi connectivity index (χ3v) is 1.75. The number of phenols is 1. The number of hydrogen-bond donors (Lipinski definition) is 1. The molecule has 0 heterocycles. The van der Waals surface area contributed by atoms with Crippen LogP contribution in [0.4, 0.5) is 4.39 Å². The van der Waals surface area contributed by atoms with Crippen molar-refractivity contribution in [3.8, 4) is 5.75 Å². The maximum atomic E-state index is 12.6. The Labute approximate surface area is 87.4 Å². The second kappa shape index (κ2) is 4.59. The van der Waals surface area contributed by atoms with Crippen molar-refractivity contribution in [2.45, 2.75) is 0 Å². The molecule has 0 aliphatic rings. The average molecular weight is 209 g/mol. The van der Waals surface area contributed by atoms with Crippen LogP contribution in [0.1, 0.15) is 10.4 Å². The van der Waals surface area contributed by atoms with Gasteiger partial charge in [-0.2, -0.15) is 0 Å². The van der Waals surface area contributed by atoms with Crippen molar-refractivity contribution in [2.75, 3.05) is 14.1 Å². The molecule has 1 aromatic rings. The highest BCUT2D eigenvalue weighted by atomic mass is 19.1. The third-order valence-electron chi connectivity index (χ3n) is 1.75. The second-order valence-corrected chi connectivity index (χ2v) is 3.31. The van der Waals surface area contributed by atoms with Gasteiger partial charge in [0.25, 0.3) is 0 Å². The number of ketones is 1. The largest absolute Gasteiger partial charge is 0.507 e. The Balaban J connectivity index is 2.92. The summed E-state index contributed by atoms with van der Waals surface area (Å²) in [5.74, 6) is -1.27. The van der Waals surface area contributed by atoms with Gasteiger partial charge in [-0.15, -0.1) is 0 Å². The zero-order valence-corrected chi connectivity index (χ0v) is 8.57. The van der Waals surface area contributed by atoms with Crippen LogP contribution in [0.3, 0.4) is 0 Å². The van der Waals surface area contributed by atoms with Gasteiger partial charge in [0.1, 0.15) is 11.6 Å². The number of benzene rings is 1. The van der Waals surface area contributed by atoms with E-state index in [0.29, 0.717) is 0 Å². The lowest BCUT2D eigenvalue weighted by atomic mass is 10.1. The highest BCUT2D eigenvalue weighted by molar-refractivity contribution is 6.06. The van der Waals surface area contributed by atoms with Gasteiger partial charge in [-0.3, -0.25) is 4.79 Å². The molecule has 3 nitrogen and oxygen atoms in total. The lowest BCUT2D eigenvalue weighted by molar-refractivity contribution is 0.104. The van der Waals surface area contributed by atoms with Crippen molar-refractivity contribution >= 4 is 5.78 Å². The van der Waals surface area contributed by atoms with Crippen molar-refractivity contribution in [1.29, 1.82) is 0 Å². The summed E-state index contributed by atoms with van der Waals surface area (Å²) in [5, 5.41) is 9.32. The Hall–Kier alpha value is -1.84. The van der Waals surface area contributed by atoms with E-state index in [2.05, 4.69) is 0 Å². The van der Waals surface area contributed by atoms with E-state index in [0.717, 1.165) is 12.1 Å². The molecule has 0 bridgehead atoms. The van der Waals surface area contributed by atoms with E-state index < -0.39 is 5.82 Å². The zero-order valence-electron chi connectivity index (χ0n) is 8.57. The first-order valence-corrected chi connectivity index (χ1v) is 4.38. The molecular weight excluding hydrogens is 197 g/mol. The first kappa shape index (κ1) is 11.2. The fourth-order valence-electron chi connectivity index (χ4n) is 1.02. The van der Waals surface area contributed by atoms with Crippen LogP contribution in [0, 0.1) is 5.82 Å². The Kier molecular flexibility index (Phi) is 3.44. The molecule has 1 N–H and O–H groups in total. The fraction of sp³-hybridized carbons (Fsp3) is 0.182. The van der Waals surface area contributed by atoms with Gasteiger partial charge in [0.05, 0.1) is 5.56 Å². The number of nitrogens with zero attached hydrogens (tertiary/aromatic N) is 1. The average Bonchev–Trinajstić information content (AvgIpc) is 2.14. The molecule has 80 valence electrons. The molecular formula is C11H12FNO2. The molecule has 0 amide bonds.